The fraction of sp³-hybridized carbons (Fsp3) is 0.917. The van der Waals surface area contributed by atoms with E-state index >= 15 is 0 Å². The first-order chi connectivity index (χ1) is 8.20. The summed E-state index contributed by atoms with van der Waals surface area (Å²) in [5.41, 5.74) is 0. The minimum absolute atomic E-state index is 0.0793. The van der Waals surface area contributed by atoms with E-state index in [1.807, 2.05) is 0 Å². The molecule has 1 fully saturated rings. The highest BCUT2D eigenvalue weighted by molar-refractivity contribution is 6.95. The number of carbonyl (C=O) groups excluding carboxylic acids is 1. The van der Waals surface area contributed by atoms with Crippen LogP contribution in [0.15, 0.2) is 0 Å². The zero-order valence-corrected chi connectivity index (χ0v) is 14.7. The lowest BCUT2D eigenvalue weighted by Crippen LogP contribution is -2.55. The van der Waals surface area contributed by atoms with E-state index in [-0.39, 0.29) is 5.91 Å². The van der Waals surface area contributed by atoms with Crippen LogP contribution in [-0.2, 0) is 9.63 Å². The molecule has 0 atom stereocenters. The normalized spacial score (nSPS) is 22.1. The quantitative estimate of drug-likeness (QED) is 0.576. The highest BCUT2D eigenvalue weighted by atomic mass is 28.4. The standard InChI is InChI=1S/C12H28N2O2Si2/c1-13(16-2)12(15)8-7-9-14-17(3,4)10-11-18(14,5)6/h7-11H2,1-6H3. The molecular formula is C12H28N2O2Si2. The molecule has 0 unspecified atom stereocenters. The van der Waals surface area contributed by atoms with E-state index < -0.39 is 16.5 Å². The van der Waals surface area contributed by atoms with E-state index in [0.29, 0.717) is 6.42 Å². The minimum atomic E-state index is -1.17. The number of carbonyl (C=O) groups is 1. The van der Waals surface area contributed by atoms with Crippen LogP contribution in [0.4, 0.5) is 0 Å². The molecule has 6 heteroatoms. The summed E-state index contributed by atoms with van der Waals surface area (Å²) in [6.07, 6.45) is 1.55. The lowest BCUT2D eigenvalue weighted by Gasteiger charge is -2.38. The molecule has 1 rings (SSSR count). The monoisotopic (exact) mass is 288 g/mol. The van der Waals surface area contributed by atoms with Crippen molar-refractivity contribution in [1.29, 1.82) is 0 Å². The third-order valence-electron chi connectivity index (χ3n) is 4.21. The second-order valence-electron chi connectivity index (χ2n) is 6.45. The van der Waals surface area contributed by atoms with Crippen LogP contribution in [0.5, 0.6) is 0 Å². The summed E-state index contributed by atoms with van der Waals surface area (Å²) in [5.74, 6) is 0.0793. The van der Waals surface area contributed by atoms with Crippen LogP contribution in [-0.4, -0.2) is 52.4 Å². The summed E-state index contributed by atoms with van der Waals surface area (Å²) in [6.45, 7) is 11.0. The summed E-state index contributed by atoms with van der Waals surface area (Å²) in [7, 11) is 0.861. The van der Waals surface area contributed by atoms with Crippen molar-refractivity contribution in [3.05, 3.63) is 0 Å². The lowest BCUT2D eigenvalue weighted by molar-refractivity contribution is -0.168. The molecule has 0 aliphatic carbocycles. The number of hydroxylamine groups is 2. The Hall–Kier alpha value is -0.176. The van der Waals surface area contributed by atoms with E-state index in [2.05, 4.69) is 30.4 Å². The first kappa shape index (κ1) is 15.9. The van der Waals surface area contributed by atoms with Crippen molar-refractivity contribution in [3.63, 3.8) is 0 Å². The molecule has 18 heavy (non-hydrogen) atoms. The highest BCUT2D eigenvalue weighted by Gasteiger charge is 2.46. The maximum Gasteiger partial charge on any atom is 0.245 e. The molecule has 1 aliphatic rings. The van der Waals surface area contributed by atoms with Crippen molar-refractivity contribution in [1.82, 2.24) is 9.29 Å². The average Bonchev–Trinajstić information content (AvgIpc) is 2.50. The smallest absolute Gasteiger partial charge is 0.245 e. The molecule has 0 aromatic heterocycles. The van der Waals surface area contributed by atoms with Gasteiger partial charge in [-0.3, -0.25) is 9.63 Å². The topological polar surface area (TPSA) is 32.8 Å². The summed E-state index contributed by atoms with van der Waals surface area (Å²) in [4.78, 5) is 16.6. The van der Waals surface area contributed by atoms with Crippen LogP contribution in [0.3, 0.4) is 0 Å². The zero-order chi connectivity index (χ0) is 14.0. The molecule has 0 aromatic carbocycles. The maximum atomic E-state index is 11.7. The van der Waals surface area contributed by atoms with Crippen LogP contribution in [0.25, 0.3) is 0 Å². The van der Waals surface area contributed by atoms with E-state index in [1.54, 1.807) is 7.05 Å². The molecular weight excluding hydrogens is 260 g/mol. The van der Waals surface area contributed by atoms with Crippen molar-refractivity contribution in [2.75, 3.05) is 20.7 Å². The van der Waals surface area contributed by atoms with E-state index in [0.717, 1.165) is 13.0 Å². The van der Waals surface area contributed by atoms with Gasteiger partial charge in [0.25, 0.3) is 0 Å². The molecule has 1 saturated heterocycles. The summed E-state index contributed by atoms with van der Waals surface area (Å²) >= 11 is 0. The Labute approximate surface area is 113 Å². The Balaban J connectivity index is 2.45. The van der Waals surface area contributed by atoms with Gasteiger partial charge in [0.2, 0.25) is 5.91 Å². The van der Waals surface area contributed by atoms with Crippen LogP contribution in [0, 0.1) is 0 Å². The highest BCUT2D eigenvalue weighted by Crippen LogP contribution is 2.36. The second kappa shape index (κ2) is 5.85. The van der Waals surface area contributed by atoms with Crippen LogP contribution in [0.2, 0.25) is 38.3 Å². The predicted molar refractivity (Wildman–Crippen MR) is 80.3 cm³/mol. The van der Waals surface area contributed by atoms with Gasteiger partial charge in [0.15, 0.2) is 0 Å². The van der Waals surface area contributed by atoms with Crippen molar-refractivity contribution < 1.29 is 9.63 Å². The summed E-state index contributed by atoms with van der Waals surface area (Å²) < 4.78 is 2.82. The first-order valence-electron chi connectivity index (χ1n) is 6.79. The molecule has 0 N–H and O–H groups in total. The molecule has 4 nitrogen and oxygen atoms in total. The van der Waals surface area contributed by atoms with Gasteiger partial charge >= 0.3 is 0 Å². The molecule has 0 saturated carbocycles. The van der Waals surface area contributed by atoms with Gasteiger partial charge in [0.1, 0.15) is 16.5 Å². The SMILES string of the molecule is CON(C)C(=O)CCCN1[Si](C)(C)CC[Si]1(C)C. The zero-order valence-electron chi connectivity index (χ0n) is 12.7. The molecule has 0 bridgehead atoms. The Morgan fingerprint density at radius 2 is 1.72 bits per heavy atom. The molecule has 1 heterocycles. The molecule has 0 radical (unpaired) electrons. The predicted octanol–water partition coefficient (Wildman–Crippen LogP) is 2.51. The van der Waals surface area contributed by atoms with Crippen LogP contribution in [0.1, 0.15) is 12.8 Å². The maximum absolute atomic E-state index is 11.7. The van der Waals surface area contributed by atoms with Crippen molar-refractivity contribution in [3.8, 4) is 0 Å². The van der Waals surface area contributed by atoms with E-state index in [9.17, 15) is 4.79 Å². The first-order valence-corrected chi connectivity index (χ1v) is 13.1. The van der Waals surface area contributed by atoms with Crippen LogP contribution < -0.4 is 0 Å². The largest absolute Gasteiger partial charge is 0.345 e. The number of amides is 1. The molecule has 106 valence electrons. The van der Waals surface area contributed by atoms with Crippen LogP contribution >= 0.6 is 0 Å². The molecule has 1 aliphatic heterocycles. The Bertz CT molecular complexity index is 292. The van der Waals surface area contributed by atoms with Gasteiger partial charge in [0.05, 0.1) is 7.11 Å². The summed E-state index contributed by atoms with van der Waals surface area (Å²) in [5, 5.41) is 1.33. The lowest BCUT2D eigenvalue weighted by atomic mass is 10.3. The van der Waals surface area contributed by atoms with Crippen molar-refractivity contribution >= 4 is 22.4 Å². The summed E-state index contributed by atoms with van der Waals surface area (Å²) in [6, 6.07) is 2.86. The molecule has 0 spiro atoms. The Kier molecular flexibility index (Phi) is 5.17. The van der Waals surface area contributed by atoms with Gasteiger partial charge < -0.3 is 4.23 Å². The fourth-order valence-corrected chi connectivity index (χ4v) is 17.1. The third kappa shape index (κ3) is 3.66. The van der Waals surface area contributed by atoms with Gasteiger partial charge in [-0.05, 0) is 25.1 Å². The average molecular weight is 289 g/mol. The third-order valence-corrected chi connectivity index (χ3v) is 14.7. The Morgan fingerprint density at radius 3 is 2.17 bits per heavy atom. The number of hydrogen-bond donors (Lipinski definition) is 0. The van der Waals surface area contributed by atoms with Gasteiger partial charge in [-0.2, -0.15) is 0 Å². The van der Waals surface area contributed by atoms with E-state index in [1.165, 1.54) is 24.3 Å². The van der Waals surface area contributed by atoms with Gasteiger partial charge in [0, 0.05) is 13.5 Å². The van der Waals surface area contributed by atoms with E-state index in [4.69, 9.17) is 4.84 Å². The van der Waals surface area contributed by atoms with Gasteiger partial charge in [-0.1, -0.05) is 26.2 Å². The van der Waals surface area contributed by atoms with Crippen molar-refractivity contribution in [2.45, 2.75) is 51.1 Å². The molecule has 1 amide bonds. The van der Waals surface area contributed by atoms with Gasteiger partial charge in [-0.25, -0.2) is 5.06 Å². The van der Waals surface area contributed by atoms with Gasteiger partial charge in [-0.15, -0.1) is 0 Å². The molecule has 0 aromatic rings. The minimum Gasteiger partial charge on any atom is -0.345 e. The number of nitrogens with zero attached hydrogens (tertiary/aromatic N) is 2. The second-order valence-corrected chi connectivity index (χ2v) is 16.2. The Morgan fingerprint density at radius 1 is 1.22 bits per heavy atom. The van der Waals surface area contributed by atoms with Crippen molar-refractivity contribution in [2.24, 2.45) is 0 Å². The fourth-order valence-electron chi connectivity index (χ4n) is 2.95. The number of hydrogen-bond acceptors (Lipinski definition) is 3. The number of rotatable bonds is 5.